The van der Waals surface area contributed by atoms with Gasteiger partial charge >= 0.3 is 5.97 Å². The minimum Gasteiger partial charge on any atom is -0.481 e. The number of nitrogens with one attached hydrogen (secondary N) is 1. The maximum Gasteiger partial charge on any atom is 0.303 e. The van der Waals surface area contributed by atoms with Crippen molar-refractivity contribution in [2.75, 3.05) is 20.1 Å². The lowest BCUT2D eigenvalue weighted by atomic mass is 10.1. The van der Waals surface area contributed by atoms with Gasteiger partial charge in [0, 0.05) is 31.6 Å². The molecule has 1 fully saturated rings. The van der Waals surface area contributed by atoms with E-state index in [1.54, 1.807) is 0 Å². The van der Waals surface area contributed by atoms with E-state index in [-0.39, 0.29) is 6.42 Å². The number of piperazine rings is 1. The molecular weight excluding hydrogens is 168 g/mol. The van der Waals surface area contributed by atoms with Crippen molar-refractivity contribution in [2.45, 2.75) is 31.8 Å². The van der Waals surface area contributed by atoms with Crippen molar-refractivity contribution < 1.29 is 9.90 Å². The molecule has 0 amide bonds. The second-order valence-electron chi connectivity index (χ2n) is 3.84. The van der Waals surface area contributed by atoms with E-state index in [9.17, 15) is 4.79 Å². The summed E-state index contributed by atoms with van der Waals surface area (Å²) in [6, 6.07) is 0.901. The summed E-state index contributed by atoms with van der Waals surface area (Å²) in [7, 11) is 2.06. The zero-order valence-electron chi connectivity index (χ0n) is 8.29. The first-order valence-corrected chi connectivity index (χ1v) is 4.75. The Hall–Kier alpha value is -0.610. The van der Waals surface area contributed by atoms with Crippen molar-refractivity contribution in [3.63, 3.8) is 0 Å². The number of hydrogen-bond donors (Lipinski definition) is 2. The van der Waals surface area contributed by atoms with Gasteiger partial charge in [0.2, 0.25) is 0 Å². The number of carboxylic acids is 1. The molecule has 1 heterocycles. The second kappa shape index (κ2) is 4.58. The average molecular weight is 186 g/mol. The summed E-state index contributed by atoms with van der Waals surface area (Å²) in [5, 5.41) is 11.9. The molecule has 1 saturated heterocycles. The number of rotatable bonds is 3. The largest absolute Gasteiger partial charge is 0.481 e. The summed E-state index contributed by atoms with van der Waals surface area (Å²) >= 11 is 0. The summed E-state index contributed by atoms with van der Waals surface area (Å²) in [5.74, 6) is -0.702. The highest BCUT2D eigenvalue weighted by atomic mass is 16.4. The lowest BCUT2D eigenvalue weighted by molar-refractivity contribution is -0.137. The molecule has 0 saturated carbocycles. The quantitative estimate of drug-likeness (QED) is 0.658. The Morgan fingerprint density at radius 2 is 2.38 bits per heavy atom. The molecule has 1 aliphatic heterocycles. The van der Waals surface area contributed by atoms with Crippen LogP contribution >= 0.6 is 0 Å². The van der Waals surface area contributed by atoms with Gasteiger partial charge < -0.3 is 15.3 Å². The first kappa shape index (κ1) is 10.5. The third-order valence-electron chi connectivity index (χ3n) is 2.58. The highest BCUT2D eigenvalue weighted by Gasteiger charge is 2.22. The number of carboxylic acid groups (broad SMARTS) is 1. The van der Waals surface area contributed by atoms with E-state index in [0.29, 0.717) is 12.1 Å². The first-order chi connectivity index (χ1) is 6.09. The number of nitrogens with zero attached hydrogens (tertiary/aromatic N) is 1. The zero-order chi connectivity index (χ0) is 9.84. The van der Waals surface area contributed by atoms with Crippen molar-refractivity contribution in [3.8, 4) is 0 Å². The summed E-state index contributed by atoms with van der Waals surface area (Å²) < 4.78 is 0. The van der Waals surface area contributed by atoms with Crippen LogP contribution in [0.3, 0.4) is 0 Å². The normalized spacial score (nSPS) is 30.3. The smallest absolute Gasteiger partial charge is 0.303 e. The van der Waals surface area contributed by atoms with Crippen LogP contribution in [0.25, 0.3) is 0 Å². The second-order valence-corrected chi connectivity index (χ2v) is 3.84. The maximum atomic E-state index is 10.4. The molecule has 0 spiro atoms. The van der Waals surface area contributed by atoms with Crippen LogP contribution < -0.4 is 5.32 Å². The summed E-state index contributed by atoms with van der Waals surface area (Å²) in [6.07, 6.45) is 1.01. The Labute approximate surface area is 78.9 Å². The van der Waals surface area contributed by atoms with Crippen LogP contribution in [0.2, 0.25) is 0 Å². The molecule has 0 aromatic carbocycles. The minimum atomic E-state index is -0.702. The van der Waals surface area contributed by atoms with Crippen molar-refractivity contribution in [1.82, 2.24) is 10.2 Å². The van der Waals surface area contributed by atoms with Gasteiger partial charge in [-0.15, -0.1) is 0 Å². The fourth-order valence-electron chi connectivity index (χ4n) is 1.75. The number of carbonyl (C=O) groups is 1. The lowest BCUT2D eigenvalue weighted by Gasteiger charge is -2.36. The van der Waals surface area contributed by atoms with Crippen molar-refractivity contribution in [3.05, 3.63) is 0 Å². The maximum absolute atomic E-state index is 10.4. The van der Waals surface area contributed by atoms with E-state index < -0.39 is 5.97 Å². The third-order valence-corrected chi connectivity index (χ3v) is 2.58. The van der Waals surface area contributed by atoms with Crippen molar-refractivity contribution in [1.29, 1.82) is 0 Å². The van der Waals surface area contributed by atoms with Crippen LogP contribution in [0.1, 0.15) is 19.8 Å². The van der Waals surface area contributed by atoms with Gasteiger partial charge in [0.05, 0.1) is 0 Å². The van der Waals surface area contributed by atoms with Gasteiger partial charge in [-0.25, -0.2) is 0 Å². The summed E-state index contributed by atoms with van der Waals surface area (Å²) in [4.78, 5) is 12.6. The molecule has 76 valence electrons. The van der Waals surface area contributed by atoms with Gasteiger partial charge in [-0.1, -0.05) is 0 Å². The highest BCUT2D eigenvalue weighted by Crippen LogP contribution is 2.09. The van der Waals surface area contributed by atoms with Gasteiger partial charge in [0.1, 0.15) is 0 Å². The summed E-state index contributed by atoms with van der Waals surface area (Å²) in [6.45, 7) is 4.05. The molecule has 13 heavy (non-hydrogen) atoms. The fourth-order valence-corrected chi connectivity index (χ4v) is 1.75. The van der Waals surface area contributed by atoms with E-state index in [1.807, 2.05) is 0 Å². The monoisotopic (exact) mass is 186 g/mol. The molecule has 0 aliphatic carbocycles. The predicted octanol–water partition coefficient (Wildman–Crippen LogP) is 0.143. The molecule has 0 aromatic rings. The SMILES string of the molecule is CC1CN(C)C(CCC(=O)O)CN1. The molecule has 2 unspecified atom stereocenters. The van der Waals surface area contributed by atoms with Crippen LogP contribution in [0, 0.1) is 0 Å². The van der Waals surface area contributed by atoms with Gasteiger partial charge in [0.15, 0.2) is 0 Å². The third kappa shape index (κ3) is 3.32. The fraction of sp³-hybridized carbons (Fsp3) is 0.889. The van der Waals surface area contributed by atoms with Gasteiger partial charge in [-0.2, -0.15) is 0 Å². The first-order valence-electron chi connectivity index (χ1n) is 4.75. The molecule has 4 heteroatoms. The van der Waals surface area contributed by atoms with Gasteiger partial charge in [-0.05, 0) is 20.4 Å². The van der Waals surface area contributed by atoms with E-state index in [4.69, 9.17) is 5.11 Å². The van der Waals surface area contributed by atoms with Crippen LogP contribution in [0.15, 0.2) is 0 Å². The molecule has 0 bridgehead atoms. The lowest BCUT2D eigenvalue weighted by Crippen LogP contribution is -2.53. The van der Waals surface area contributed by atoms with E-state index in [1.165, 1.54) is 0 Å². The van der Waals surface area contributed by atoms with Crippen molar-refractivity contribution in [2.24, 2.45) is 0 Å². The Morgan fingerprint density at radius 1 is 1.69 bits per heavy atom. The average Bonchev–Trinajstić information content (AvgIpc) is 2.02. The highest BCUT2D eigenvalue weighted by molar-refractivity contribution is 5.66. The van der Waals surface area contributed by atoms with Crippen LogP contribution in [-0.4, -0.2) is 48.2 Å². The Balaban J connectivity index is 2.29. The van der Waals surface area contributed by atoms with Gasteiger partial charge in [-0.3, -0.25) is 4.79 Å². The minimum absolute atomic E-state index is 0.269. The standard InChI is InChI=1S/C9H18N2O2/c1-7-6-11(2)8(5-10-7)3-4-9(12)13/h7-8,10H,3-6H2,1-2H3,(H,12,13). The van der Waals surface area contributed by atoms with E-state index in [0.717, 1.165) is 19.5 Å². The predicted molar refractivity (Wildman–Crippen MR) is 50.8 cm³/mol. The molecule has 1 rings (SSSR count). The molecule has 0 radical (unpaired) electrons. The van der Waals surface area contributed by atoms with E-state index >= 15 is 0 Å². The Morgan fingerprint density at radius 3 is 2.92 bits per heavy atom. The molecular formula is C9H18N2O2. The number of hydrogen-bond acceptors (Lipinski definition) is 3. The number of likely N-dealkylation sites (N-methyl/N-ethyl adjacent to an activating group) is 1. The van der Waals surface area contributed by atoms with Crippen LogP contribution in [-0.2, 0) is 4.79 Å². The van der Waals surface area contributed by atoms with Gasteiger partial charge in [0.25, 0.3) is 0 Å². The van der Waals surface area contributed by atoms with Crippen LogP contribution in [0.5, 0.6) is 0 Å². The molecule has 0 aromatic heterocycles. The van der Waals surface area contributed by atoms with Crippen molar-refractivity contribution >= 4 is 5.97 Å². The Kier molecular flexibility index (Phi) is 3.69. The summed E-state index contributed by atoms with van der Waals surface area (Å²) in [5.41, 5.74) is 0. The molecule has 4 nitrogen and oxygen atoms in total. The molecule has 2 N–H and O–H groups in total. The zero-order valence-corrected chi connectivity index (χ0v) is 8.29. The van der Waals surface area contributed by atoms with Crippen LogP contribution in [0.4, 0.5) is 0 Å². The number of aliphatic carboxylic acids is 1. The Bertz CT molecular complexity index is 184. The molecule has 1 aliphatic rings. The topological polar surface area (TPSA) is 52.6 Å². The van der Waals surface area contributed by atoms with E-state index in [2.05, 4.69) is 24.2 Å². The molecule has 2 atom stereocenters.